The standard InChI is InChI=1S/C5H10O5S/c6-3-5(1-2-10-5)4-11(7,8)9/h6H,1-4H2,(H,7,8,9). The first-order chi connectivity index (χ1) is 4.97. The van der Waals surface area contributed by atoms with E-state index >= 15 is 0 Å². The summed E-state index contributed by atoms with van der Waals surface area (Å²) in [6.45, 7) is 0.0723. The molecule has 1 saturated heterocycles. The molecule has 0 aromatic heterocycles. The third-order valence-corrected chi connectivity index (χ3v) is 2.59. The summed E-state index contributed by atoms with van der Waals surface area (Å²) in [6.07, 6.45) is 0.475. The minimum absolute atomic E-state index is 0.368. The van der Waals surface area contributed by atoms with Gasteiger partial charge in [-0.2, -0.15) is 8.42 Å². The predicted molar refractivity (Wildman–Crippen MR) is 36.8 cm³/mol. The highest BCUT2D eigenvalue weighted by Gasteiger charge is 2.41. The summed E-state index contributed by atoms with van der Waals surface area (Å²) < 4.78 is 34.0. The SMILES string of the molecule is O=S(=O)(O)CC1(CO)CCO1. The molecule has 6 heteroatoms. The molecule has 0 aliphatic carbocycles. The van der Waals surface area contributed by atoms with Crippen LogP contribution in [0.1, 0.15) is 6.42 Å². The number of aliphatic hydroxyl groups excluding tert-OH is 1. The van der Waals surface area contributed by atoms with Gasteiger partial charge in [-0.1, -0.05) is 0 Å². The lowest BCUT2D eigenvalue weighted by atomic mass is 9.99. The summed E-state index contributed by atoms with van der Waals surface area (Å²) in [4.78, 5) is 0. The molecule has 0 aromatic carbocycles. The van der Waals surface area contributed by atoms with E-state index in [9.17, 15) is 8.42 Å². The van der Waals surface area contributed by atoms with Gasteiger partial charge >= 0.3 is 0 Å². The Bertz CT molecular complexity index is 222. The molecule has 0 saturated carbocycles. The second kappa shape index (κ2) is 2.71. The van der Waals surface area contributed by atoms with Crippen molar-refractivity contribution >= 4 is 10.1 Å². The minimum atomic E-state index is -4.04. The van der Waals surface area contributed by atoms with Gasteiger partial charge in [0.25, 0.3) is 10.1 Å². The zero-order valence-corrected chi connectivity index (χ0v) is 6.67. The Kier molecular flexibility index (Phi) is 2.19. The Labute approximate surface area is 64.7 Å². The Morgan fingerprint density at radius 2 is 2.09 bits per heavy atom. The fourth-order valence-corrected chi connectivity index (χ4v) is 1.99. The van der Waals surface area contributed by atoms with Crippen LogP contribution in [-0.4, -0.2) is 42.6 Å². The van der Waals surface area contributed by atoms with Gasteiger partial charge < -0.3 is 9.84 Å². The van der Waals surface area contributed by atoms with Crippen molar-refractivity contribution in [1.29, 1.82) is 0 Å². The van der Waals surface area contributed by atoms with Crippen LogP contribution < -0.4 is 0 Å². The highest BCUT2D eigenvalue weighted by Crippen LogP contribution is 2.26. The van der Waals surface area contributed by atoms with Crippen LogP contribution in [0.4, 0.5) is 0 Å². The van der Waals surface area contributed by atoms with Crippen molar-refractivity contribution < 1.29 is 22.8 Å². The van der Waals surface area contributed by atoms with E-state index in [1.54, 1.807) is 0 Å². The zero-order valence-electron chi connectivity index (χ0n) is 5.86. The Balaban J connectivity index is 2.59. The van der Waals surface area contributed by atoms with E-state index in [4.69, 9.17) is 14.4 Å². The first-order valence-electron chi connectivity index (χ1n) is 3.17. The van der Waals surface area contributed by atoms with E-state index in [0.29, 0.717) is 13.0 Å². The molecule has 0 amide bonds. The Hall–Kier alpha value is -0.170. The second-order valence-electron chi connectivity index (χ2n) is 2.67. The summed E-state index contributed by atoms with van der Waals surface area (Å²) in [5.41, 5.74) is -1.03. The lowest BCUT2D eigenvalue weighted by Crippen LogP contribution is -2.52. The number of hydrogen-bond donors (Lipinski definition) is 2. The van der Waals surface area contributed by atoms with Gasteiger partial charge in [-0.05, 0) is 0 Å². The van der Waals surface area contributed by atoms with Gasteiger partial charge in [0.2, 0.25) is 0 Å². The second-order valence-corrected chi connectivity index (χ2v) is 4.12. The highest BCUT2D eigenvalue weighted by atomic mass is 32.2. The Morgan fingerprint density at radius 1 is 1.55 bits per heavy atom. The summed E-state index contributed by atoms with van der Waals surface area (Å²) >= 11 is 0. The van der Waals surface area contributed by atoms with Crippen LogP contribution in [0.3, 0.4) is 0 Å². The quantitative estimate of drug-likeness (QED) is 0.548. The van der Waals surface area contributed by atoms with Crippen molar-refractivity contribution in [3.05, 3.63) is 0 Å². The first kappa shape index (κ1) is 8.92. The number of hydrogen-bond acceptors (Lipinski definition) is 4. The van der Waals surface area contributed by atoms with E-state index in [1.165, 1.54) is 0 Å². The maximum atomic E-state index is 10.4. The molecular formula is C5H10O5S. The van der Waals surface area contributed by atoms with Gasteiger partial charge in [0.05, 0.1) is 13.2 Å². The third-order valence-electron chi connectivity index (χ3n) is 1.70. The molecule has 1 aliphatic rings. The van der Waals surface area contributed by atoms with Crippen LogP contribution in [0.2, 0.25) is 0 Å². The van der Waals surface area contributed by atoms with E-state index in [-0.39, 0.29) is 6.61 Å². The van der Waals surface area contributed by atoms with Crippen LogP contribution in [0.15, 0.2) is 0 Å². The van der Waals surface area contributed by atoms with Gasteiger partial charge in [-0.15, -0.1) is 0 Å². The molecule has 0 spiro atoms. The molecule has 1 heterocycles. The van der Waals surface area contributed by atoms with Crippen LogP contribution in [0.5, 0.6) is 0 Å². The highest BCUT2D eigenvalue weighted by molar-refractivity contribution is 7.85. The molecule has 0 radical (unpaired) electrons. The van der Waals surface area contributed by atoms with E-state index in [0.717, 1.165) is 0 Å². The van der Waals surface area contributed by atoms with E-state index < -0.39 is 21.5 Å². The molecule has 5 nitrogen and oxygen atoms in total. The number of aliphatic hydroxyl groups is 1. The van der Waals surface area contributed by atoms with Crippen molar-refractivity contribution in [2.75, 3.05) is 19.0 Å². The molecule has 1 fully saturated rings. The lowest BCUT2D eigenvalue weighted by molar-refractivity contribution is -0.155. The maximum absolute atomic E-state index is 10.4. The molecule has 1 aliphatic heterocycles. The van der Waals surface area contributed by atoms with Crippen molar-refractivity contribution in [2.45, 2.75) is 12.0 Å². The molecule has 0 bridgehead atoms. The average molecular weight is 182 g/mol. The molecule has 2 N–H and O–H groups in total. The van der Waals surface area contributed by atoms with Crippen LogP contribution in [0.25, 0.3) is 0 Å². The first-order valence-corrected chi connectivity index (χ1v) is 4.78. The smallest absolute Gasteiger partial charge is 0.267 e. The molecule has 1 atom stereocenters. The van der Waals surface area contributed by atoms with Crippen LogP contribution >= 0.6 is 0 Å². The predicted octanol–water partition coefficient (Wildman–Crippen LogP) is -0.974. The minimum Gasteiger partial charge on any atom is -0.393 e. The molecule has 11 heavy (non-hydrogen) atoms. The van der Waals surface area contributed by atoms with Gasteiger partial charge in [0.1, 0.15) is 11.4 Å². The Morgan fingerprint density at radius 3 is 2.18 bits per heavy atom. The largest absolute Gasteiger partial charge is 0.393 e. The van der Waals surface area contributed by atoms with Gasteiger partial charge in [-0.3, -0.25) is 4.55 Å². The lowest BCUT2D eigenvalue weighted by Gasteiger charge is -2.39. The van der Waals surface area contributed by atoms with Gasteiger partial charge in [0.15, 0.2) is 0 Å². The van der Waals surface area contributed by atoms with Crippen molar-refractivity contribution in [2.24, 2.45) is 0 Å². The maximum Gasteiger partial charge on any atom is 0.267 e. The summed E-state index contributed by atoms with van der Waals surface area (Å²) in [6, 6.07) is 0. The number of ether oxygens (including phenoxy) is 1. The van der Waals surface area contributed by atoms with Crippen molar-refractivity contribution in [3.8, 4) is 0 Å². The summed E-state index contributed by atoms with van der Waals surface area (Å²) in [5, 5.41) is 8.70. The van der Waals surface area contributed by atoms with E-state index in [2.05, 4.69) is 0 Å². The van der Waals surface area contributed by atoms with Crippen LogP contribution in [0, 0.1) is 0 Å². The normalized spacial score (nSPS) is 31.5. The van der Waals surface area contributed by atoms with Crippen molar-refractivity contribution in [3.63, 3.8) is 0 Å². The molecule has 1 rings (SSSR count). The molecular weight excluding hydrogens is 172 g/mol. The fraction of sp³-hybridized carbons (Fsp3) is 1.00. The van der Waals surface area contributed by atoms with E-state index in [1.807, 2.05) is 0 Å². The van der Waals surface area contributed by atoms with Gasteiger partial charge in [0, 0.05) is 6.42 Å². The molecule has 66 valence electrons. The summed E-state index contributed by atoms with van der Waals surface area (Å²) in [5.74, 6) is -0.517. The molecule has 1 unspecified atom stereocenters. The average Bonchev–Trinajstić information content (AvgIpc) is 1.77. The summed E-state index contributed by atoms with van der Waals surface area (Å²) in [7, 11) is -4.04. The van der Waals surface area contributed by atoms with Crippen molar-refractivity contribution in [1.82, 2.24) is 0 Å². The topological polar surface area (TPSA) is 83.8 Å². The monoisotopic (exact) mass is 182 g/mol. The third kappa shape index (κ3) is 2.13. The fourth-order valence-electron chi connectivity index (χ4n) is 1.01. The van der Waals surface area contributed by atoms with Gasteiger partial charge in [-0.25, -0.2) is 0 Å². The molecule has 0 aromatic rings. The van der Waals surface area contributed by atoms with Crippen LogP contribution in [-0.2, 0) is 14.9 Å². The number of rotatable bonds is 3. The zero-order chi connectivity index (χ0) is 8.54.